The normalized spacial score (nSPS) is 15.7. The summed E-state index contributed by atoms with van der Waals surface area (Å²) in [5.41, 5.74) is 2.81. The van der Waals surface area contributed by atoms with Crippen LogP contribution in [-0.2, 0) is 11.2 Å². The summed E-state index contributed by atoms with van der Waals surface area (Å²) in [5, 5.41) is 13.9. The molecular weight excluding hydrogens is 362 g/mol. The van der Waals surface area contributed by atoms with Crippen molar-refractivity contribution in [1.29, 1.82) is 0 Å². The van der Waals surface area contributed by atoms with E-state index in [0.29, 0.717) is 31.9 Å². The second-order valence-electron chi connectivity index (χ2n) is 6.93. The van der Waals surface area contributed by atoms with E-state index < -0.39 is 4.92 Å². The van der Waals surface area contributed by atoms with Crippen LogP contribution in [-0.4, -0.2) is 37.1 Å². The molecule has 4 rings (SSSR count). The lowest BCUT2D eigenvalue weighted by Crippen LogP contribution is -2.37. The smallest absolute Gasteiger partial charge is 0.269 e. The first-order valence-corrected chi connectivity index (χ1v) is 9.22. The van der Waals surface area contributed by atoms with Crippen LogP contribution >= 0.6 is 0 Å². The molecule has 146 valence electrons. The number of carbonyl (C=O) groups excluding carboxylic acids is 1. The fourth-order valence-electron chi connectivity index (χ4n) is 3.61. The highest BCUT2D eigenvalue weighted by Crippen LogP contribution is 2.33. The Hall–Kier alpha value is -3.29. The quantitative estimate of drug-likeness (QED) is 0.630. The molecule has 8 nitrogen and oxygen atoms in total. The Morgan fingerprint density at radius 3 is 2.79 bits per heavy atom. The molecule has 2 aliphatic heterocycles. The van der Waals surface area contributed by atoms with Crippen LogP contribution in [0, 0.1) is 10.1 Å². The van der Waals surface area contributed by atoms with E-state index in [2.05, 4.69) is 5.32 Å². The maximum atomic E-state index is 12.5. The van der Waals surface area contributed by atoms with Gasteiger partial charge in [-0.05, 0) is 42.7 Å². The van der Waals surface area contributed by atoms with Crippen molar-refractivity contribution in [3.05, 3.63) is 57.6 Å². The number of nitrogens with one attached hydrogen (secondary N) is 1. The fraction of sp³-hybridized carbons (Fsp3) is 0.350. The zero-order valence-electron chi connectivity index (χ0n) is 15.5. The first-order chi connectivity index (χ1) is 13.5. The largest absolute Gasteiger partial charge is 0.486 e. The first-order valence-electron chi connectivity index (χ1n) is 9.22. The van der Waals surface area contributed by atoms with Gasteiger partial charge in [0.1, 0.15) is 13.2 Å². The summed E-state index contributed by atoms with van der Waals surface area (Å²) >= 11 is 0. The Kier molecular flexibility index (Phi) is 4.77. The number of hydrogen-bond donors (Lipinski definition) is 1. The molecule has 1 atom stereocenters. The maximum Gasteiger partial charge on any atom is 0.269 e. The number of carbonyl (C=O) groups is 1. The first kappa shape index (κ1) is 18.1. The van der Waals surface area contributed by atoms with E-state index in [1.54, 1.807) is 12.1 Å². The van der Waals surface area contributed by atoms with Crippen molar-refractivity contribution in [1.82, 2.24) is 5.32 Å². The minimum absolute atomic E-state index is 0.0808. The molecule has 8 heteroatoms. The molecule has 0 spiro atoms. The van der Waals surface area contributed by atoms with Crippen LogP contribution in [0.25, 0.3) is 0 Å². The van der Waals surface area contributed by atoms with Gasteiger partial charge < -0.3 is 19.7 Å². The van der Waals surface area contributed by atoms with E-state index in [0.717, 1.165) is 22.6 Å². The Bertz CT molecular complexity index is 930. The highest BCUT2D eigenvalue weighted by Gasteiger charge is 2.24. The molecular formula is C20H21N3O5. The van der Waals surface area contributed by atoms with E-state index in [1.807, 2.05) is 30.0 Å². The van der Waals surface area contributed by atoms with Gasteiger partial charge in [-0.3, -0.25) is 14.9 Å². The summed E-state index contributed by atoms with van der Waals surface area (Å²) in [6, 6.07) is 10.3. The Morgan fingerprint density at radius 1 is 1.21 bits per heavy atom. The molecule has 1 N–H and O–H groups in total. The molecule has 0 radical (unpaired) electrons. The molecule has 2 aromatic rings. The van der Waals surface area contributed by atoms with Gasteiger partial charge in [-0.2, -0.15) is 0 Å². The number of nitrogens with zero attached hydrogens (tertiary/aromatic N) is 2. The third-order valence-corrected chi connectivity index (χ3v) is 5.04. The molecule has 0 aliphatic carbocycles. The molecule has 0 aromatic heterocycles. The molecule has 0 bridgehead atoms. The van der Waals surface area contributed by atoms with E-state index in [4.69, 9.17) is 9.47 Å². The Balaban J connectivity index is 1.39. The van der Waals surface area contributed by atoms with Crippen LogP contribution in [0.5, 0.6) is 11.5 Å². The summed E-state index contributed by atoms with van der Waals surface area (Å²) in [5.74, 6) is 1.31. The van der Waals surface area contributed by atoms with Crippen LogP contribution in [0.2, 0.25) is 0 Å². The summed E-state index contributed by atoms with van der Waals surface area (Å²) in [7, 11) is 0. The predicted molar refractivity (Wildman–Crippen MR) is 103 cm³/mol. The number of amides is 1. The second-order valence-corrected chi connectivity index (χ2v) is 6.93. The highest BCUT2D eigenvalue weighted by molar-refractivity contribution is 5.83. The zero-order chi connectivity index (χ0) is 19.7. The second kappa shape index (κ2) is 7.38. The standard InChI is InChI=1S/C20H21N3O5/c1-13(14-2-5-18-19(11-14)28-9-8-27-18)21-20(24)12-22-7-6-15-10-16(23(25)26)3-4-17(15)22/h2-5,10-11,13H,6-9,12H2,1H3,(H,21,24). The molecule has 28 heavy (non-hydrogen) atoms. The average Bonchev–Trinajstić information content (AvgIpc) is 3.09. The number of rotatable bonds is 5. The zero-order valence-corrected chi connectivity index (χ0v) is 15.5. The van der Waals surface area contributed by atoms with E-state index in [9.17, 15) is 14.9 Å². The van der Waals surface area contributed by atoms with Crippen LogP contribution in [0.3, 0.4) is 0 Å². The number of nitro groups is 1. The minimum atomic E-state index is -0.398. The van der Waals surface area contributed by atoms with Crippen molar-refractivity contribution in [2.45, 2.75) is 19.4 Å². The van der Waals surface area contributed by atoms with Gasteiger partial charge in [-0.25, -0.2) is 0 Å². The van der Waals surface area contributed by atoms with Crippen molar-refractivity contribution in [2.24, 2.45) is 0 Å². The van der Waals surface area contributed by atoms with Gasteiger partial charge in [0.25, 0.3) is 5.69 Å². The van der Waals surface area contributed by atoms with Crippen molar-refractivity contribution in [2.75, 3.05) is 31.2 Å². The SMILES string of the molecule is CC(NC(=O)CN1CCc2cc([N+](=O)[O-])ccc21)c1ccc2c(c1)OCCO2. The number of non-ortho nitro benzene ring substituents is 1. The van der Waals surface area contributed by atoms with Gasteiger partial charge >= 0.3 is 0 Å². The average molecular weight is 383 g/mol. The van der Waals surface area contributed by atoms with E-state index in [1.165, 1.54) is 6.07 Å². The van der Waals surface area contributed by atoms with Crippen LogP contribution in [0.1, 0.15) is 24.1 Å². The molecule has 0 saturated heterocycles. The number of hydrogen-bond acceptors (Lipinski definition) is 6. The number of fused-ring (bicyclic) bond motifs is 2. The maximum absolute atomic E-state index is 12.5. The Morgan fingerprint density at radius 2 is 2.00 bits per heavy atom. The lowest BCUT2D eigenvalue weighted by Gasteiger charge is -2.23. The van der Waals surface area contributed by atoms with Crippen LogP contribution in [0.4, 0.5) is 11.4 Å². The fourth-order valence-corrected chi connectivity index (χ4v) is 3.61. The van der Waals surface area contributed by atoms with Gasteiger partial charge in [-0.15, -0.1) is 0 Å². The summed E-state index contributed by atoms with van der Waals surface area (Å²) in [6.45, 7) is 3.86. The summed E-state index contributed by atoms with van der Waals surface area (Å²) in [6.07, 6.45) is 0.696. The lowest BCUT2D eigenvalue weighted by molar-refractivity contribution is -0.384. The van der Waals surface area contributed by atoms with Gasteiger partial charge in [0, 0.05) is 24.4 Å². The highest BCUT2D eigenvalue weighted by atomic mass is 16.6. The Labute approximate surface area is 162 Å². The van der Waals surface area contributed by atoms with Gasteiger partial charge in [-0.1, -0.05) is 6.07 Å². The van der Waals surface area contributed by atoms with Crippen LogP contribution in [0.15, 0.2) is 36.4 Å². The summed E-state index contributed by atoms with van der Waals surface area (Å²) < 4.78 is 11.1. The van der Waals surface area contributed by atoms with Crippen LogP contribution < -0.4 is 19.7 Å². The number of anilines is 1. The molecule has 0 fully saturated rings. The van der Waals surface area contributed by atoms with E-state index >= 15 is 0 Å². The van der Waals surface area contributed by atoms with Gasteiger partial charge in [0.05, 0.1) is 17.5 Å². The minimum Gasteiger partial charge on any atom is -0.486 e. The van der Waals surface area contributed by atoms with E-state index in [-0.39, 0.29) is 24.2 Å². The molecule has 2 heterocycles. The molecule has 0 saturated carbocycles. The van der Waals surface area contributed by atoms with Crippen molar-refractivity contribution in [3.63, 3.8) is 0 Å². The predicted octanol–water partition coefficient (Wildman–Crippen LogP) is 2.61. The molecule has 1 unspecified atom stereocenters. The topological polar surface area (TPSA) is 93.9 Å². The lowest BCUT2D eigenvalue weighted by atomic mass is 10.1. The molecule has 2 aliphatic rings. The molecule has 1 amide bonds. The van der Waals surface area contributed by atoms with Crippen molar-refractivity contribution in [3.8, 4) is 11.5 Å². The number of nitro benzene ring substituents is 1. The molecule has 2 aromatic carbocycles. The third-order valence-electron chi connectivity index (χ3n) is 5.04. The summed E-state index contributed by atoms with van der Waals surface area (Å²) in [4.78, 5) is 25.0. The number of benzene rings is 2. The van der Waals surface area contributed by atoms with Gasteiger partial charge in [0.15, 0.2) is 11.5 Å². The number of ether oxygens (including phenoxy) is 2. The third kappa shape index (κ3) is 3.58. The van der Waals surface area contributed by atoms with Crippen molar-refractivity contribution < 1.29 is 19.2 Å². The van der Waals surface area contributed by atoms with Gasteiger partial charge in [0.2, 0.25) is 5.91 Å². The van der Waals surface area contributed by atoms with Crippen molar-refractivity contribution >= 4 is 17.3 Å². The monoisotopic (exact) mass is 383 g/mol.